The van der Waals surface area contributed by atoms with Crippen LogP contribution >= 0.6 is 0 Å². The Kier molecular flexibility index (Phi) is 4.14. The predicted molar refractivity (Wildman–Crippen MR) is 89.4 cm³/mol. The molecule has 6 heteroatoms. The number of carbonyl (C=O) groups excluding carboxylic acids is 1. The van der Waals surface area contributed by atoms with E-state index in [2.05, 4.69) is 21.4 Å². The van der Waals surface area contributed by atoms with Crippen LogP contribution in [0.1, 0.15) is 32.3 Å². The van der Waals surface area contributed by atoms with Gasteiger partial charge in [0.2, 0.25) is 5.91 Å². The zero-order chi connectivity index (χ0) is 18.2. The first kappa shape index (κ1) is 17.2. The smallest absolute Gasteiger partial charge is 0.395 e. The summed E-state index contributed by atoms with van der Waals surface area (Å²) in [5.41, 5.74) is 1.42. The van der Waals surface area contributed by atoms with Crippen molar-refractivity contribution < 1.29 is 23.0 Å². The lowest BCUT2D eigenvalue weighted by atomic mass is 9.94. The second-order valence-corrected chi connectivity index (χ2v) is 6.26. The van der Waals surface area contributed by atoms with Crippen LogP contribution in [0, 0.1) is 0 Å². The van der Waals surface area contributed by atoms with Crippen molar-refractivity contribution in [3.05, 3.63) is 59.8 Å². The van der Waals surface area contributed by atoms with E-state index in [0.29, 0.717) is 24.1 Å². The number of fused-ring (bicyclic) bond motifs is 1. The van der Waals surface area contributed by atoms with Crippen molar-refractivity contribution >= 4 is 5.91 Å². The van der Waals surface area contributed by atoms with Gasteiger partial charge in [-0.2, -0.15) is 0 Å². The normalized spacial score (nSPS) is 19.8. The standard InChI is InChI=1S/C19H19F2NO3/c1-4-12(2)5-6-13(3)22-17(23)18(9-10-18)14-7-8-15-16(11-14)25-19(20,21)24-15/h4-8,11H,3,9-10H2,1-2H3,(H,22,23)/b6-5-,12-4-. The molecule has 0 bridgehead atoms. The van der Waals surface area contributed by atoms with Crippen LogP contribution in [0.15, 0.2) is 54.3 Å². The predicted octanol–water partition coefficient (Wildman–Crippen LogP) is 4.19. The van der Waals surface area contributed by atoms with Crippen LogP contribution in [0.25, 0.3) is 0 Å². The molecule has 0 unspecified atom stereocenters. The Labute approximate surface area is 144 Å². The highest BCUT2D eigenvalue weighted by atomic mass is 19.3. The number of hydrogen-bond acceptors (Lipinski definition) is 3. The van der Waals surface area contributed by atoms with Gasteiger partial charge in [-0.15, -0.1) is 8.78 Å². The molecule has 0 radical (unpaired) electrons. The van der Waals surface area contributed by atoms with Gasteiger partial charge in [-0.1, -0.05) is 30.4 Å². The Morgan fingerprint density at radius 2 is 1.92 bits per heavy atom. The van der Waals surface area contributed by atoms with Crippen LogP contribution in [0.2, 0.25) is 0 Å². The van der Waals surface area contributed by atoms with Gasteiger partial charge in [0, 0.05) is 5.70 Å². The summed E-state index contributed by atoms with van der Waals surface area (Å²) in [6.45, 7) is 7.68. The third kappa shape index (κ3) is 3.43. The van der Waals surface area contributed by atoms with Crippen LogP contribution < -0.4 is 14.8 Å². The molecule has 1 saturated carbocycles. The lowest BCUT2D eigenvalue weighted by Crippen LogP contribution is -2.33. The summed E-state index contributed by atoms with van der Waals surface area (Å²) >= 11 is 0. The number of benzene rings is 1. The van der Waals surface area contributed by atoms with Crippen molar-refractivity contribution in [3.63, 3.8) is 0 Å². The maximum absolute atomic E-state index is 13.1. The summed E-state index contributed by atoms with van der Waals surface area (Å²) in [6, 6.07) is 4.48. The average molecular weight is 347 g/mol. The van der Waals surface area contributed by atoms with Gasteiger partial charge in [0.15, 0.2) is 11.5 Å². The fourth-order valence-corrected chi connectivity index (χ4v) is 2.65. The second kappa shape index (κ2) is 6.02. The summed E-state index contributed by atoms with van der Waals surface area (Å²) in [4.78, 5) is 12.6. The average Bonchev–Trinajstić information content (AvgIpc) is 3.29. The van der Waals surface area contributed by atoms with Gasteiger partial charge in [0.05, 0.1) is 5.41 Å². The van der Waals surface area contributed by atoms with E-state index in [9.17, 15) is 13.6 Å². The van der Waals surface area contributed by atoms with Crippen LogP contribution in [0.5, 0.6) is 11.5 Å². The van der Waals surface area contributed by atoms with Gasteiger partial charge in [-0.25, -0.2) is 0 Å². The summed E-state index contributed by atoms with van der Waals surface area (Å²) in [5, 5.41) is 2.78. The minimum absolute atomic E-state index is 0.0286. The largest absolute Gasteiger partial charge is 0.586 e. The summed E-state index contributed by atoms with van der Waals surface area (Å²) in [5.74, 6) is -0.283. The van der Waals surface area contributed by atoms with E-state index in [-0.39, 0.29) is 17.4 Å². The highest BCUT2D eigenvalue weighted by molar-refractivity contribution is 5.92. The Balaban J connectivity index is 1.74. The zero-order valence-electron chi connectivity index (χ0n) is 14.1. The number of amides is 1. The molecule has 132 valence electrons. The molecule has 2 aliphatic rings. The highest BCUT2D eigenvalue weighted by Crippen LogP contribution is 2.51. The zero-order valence-corrected chi connectivity index (χ0v) is 14.1. The molecule has 1 aromatic rings. The molecule has 25 heavy (non-hydrogen) atoms. The van der Waals surface area contributed by atoms with E-state index in [1.54, 1.807) is 12.1 Å². The molecular formula is C19H19F2NO3. The van der Waals surface area contributed by atoms with E-state index < -0.39 is 11.7 Å². The van der Waals surface area contributed by atoms with Crippen LogP contribution in [0.3, 0.4) is 0 Å². The van der Waals surface area contributed by atoms with Crippen LogP contribution in [-0.2, 0) is 10.2 Å². The molecule has 3 rings (SSSR count). The third-order valence-electron chi connectivity index (χ3n) is 4.42. The van der Waals surface area contributed by atoms with Gasteiger partial charge >= 0.3 is 6.29 Å². The van der Waals surface area contributed by atoms with Crippen molar-refractivity contribution in [2.24, 2.45) is 0 Å². The first-order chi connectivity index (χ1) is 11.8. The molecule has 0 saturated heterocycles. The van der Waals surface area contributed by atoms with Crippen LogP contribution in [0.4, 0.5) is 8.78 Å². The lowest BCUT2D eigenvalue weighted by Gasteiger charge is -2.16. The first-order valence-corrected chi connectivity index (χ1v) is 7.97. The van der Waals surface area contributed by atoms with Gasteiger partial charge in [-0.05, 0) is 50.5 Å². The quantitative estimate of drug-likeness (QED) is 0.813. The van der Waals surface area contributed by atoms with Gasteiger partial charge in [0.1, 0.15) is 0 Å². The van der Waals surface area contributed by atoms with Gasteiger partial charge in [0.25, 0.3) is 0 Å². The number of carbonyl (C=O) groups is 1. The minimum atomic E-state index is -3.66. The maximum Gasteiger partial charge on any atom is 0.586 e. The highest BCUT2D eigenvalue weighted by Gasteiger charge is 2.52. The van der Waals surface area contributed by atoms with E-state index in [1.165, 1.54) is 12.1 Å². The molecular weight excluding hydrogens is 328 g/mol. The van der Waals surface area contributed by atoms with Crippen molar-refractivity contribution in [1.29, 1.82) is 0 Å². The number of rotatable bonds is 5. The van der Waals surface area contributed by atoms with Crippen molar-refractivity contribution in [2.75, 3.05) is 0 Å². The fourth-order valence-electron chi connectivity index (χ4n) is 2.65. The van der Waals surface area contributed by atoms with Gasteiger partial charge < -0.3 is 14.8 Å². The van der Waals surface area contributed by atoms with Crippen molar-refractivity contribution in [2.45, 2.75) is 38.4 Å². The topological polar surface area (TPSA) is 47.6 Å². The number of allylic oxidation sites excluding steroid dienone is 4. The van der Waals surface area contributed by atoms with E-state index >= 15 is 0 Å². The molecule has 1 aromatic carbocycles. The van der Waals surface area contributed by atoms with Crippen molar-refractivity contribution in [1.82, 2.24) is 5.32 Å². The second-order valence-electron chi connectivity index (χ2n) is 6.26. The number of ether oxygens (including phenoxy) is 2. The molecule has 1 aliphatic carbocycles. The molecule has 0 spiro atoms. The Morgan fingerprint density at radius 1 is 1.24 bits per heavy atom. The third-order valence-corrected chi connectivity index (χ3v) is 4.42. The maximum atomic E-state index is 13.1. The molecule has 1 fully saturated rings. The molecule has 1 heterocycles. The summed E-state index contributed by atoms with van der Waals surface area (Å²) in [6.07, 6.45) is 3.13. The molecule has 1 N–H and O–H groups in total. The Morgan fingerprint density at radius 3 is 2.56 bits per heavy atom. The lowest BCUT2D eigenvalue weighted by molar-refractivity contribution is -0.286. The fraction of sp³-hybridized carbons (Fsp3) is 0.316. The Bertz CT molecular complexity index is 792. The van der Waals surface area contributed by atoms with Gasteiger partial charge in [-0.3, -0.25) is 4.79 Å². The number of nitrogens with one attached hydrogen (secondary N) is 1. The molecule has 1 amide bonds. The van der Waals surface area contributed by atoms with E-state index in [4.69, 9.17) is 0 Å². The van der Waals surface area contributed by atoms with E-state index in [0.717, 1.165) is 5.57 Å². The molecule has 4 nitrogen and oxygen atoms in total. The van der Waals surface area contributed by atoms with Crippen LogP contribution in [-0.4, -0.2) is 12.2 Å². The number of hydrogen-bond donors (Lipinski definition) is 1. The first-order valence-electron chi connectivity index (χ1n) is 7.97. The van der Waals surface area contributed by atoms with E-state index in [1.807, 2.05) is 26.0 Å². The van der Waals surface area contributed by atoms with Crippen molar-refractivity contribution in [3.8, 4) is 11.5 Å². The molecule has 0 aromatic heterocycles. The Hall–Kier alpha value is -2.63. The monoisotopic (exact) mass is 347 g/mol. The number of alkyl halides is 2. The summed E-state index contributed by atoms with van der Waals surface area (Å²) < 4.78 is 35.1. The minimum Gasteiger partial charge on any atom is -0.395 e. The SMILES string of the molecule is C=C(/C=C\C(C)=C/C)NC(=O)C1(c2ccc3c(c2)OC(F)(F)O3)CC1. The summed E-state index contributed by atoms with van der Waals surface area (Å²) in [7, 11) is 0. The molecule has 0 atom stereocenters. The molecule has 1 aliphatic heterocycles. The number of halogens is 2.